The van der Waals surface area contributed by atoms with E-state index in [-0.39, 0.29) is 5.25 Å². The Balaban J connectivity index is 3.54. The monoisotopic (exact) mass is 166 g/mol. The first-order chi connectivity index (χ1) is 4.22. The number of carboxylic acid groups (broad SMARTS) is 1. The highest BCUT2D eigenvalue weighted by Crippen LogP contribution is 2.25. The van der Waals surface area contributed by atoms with Crippen molar-refractivity contribution in [2.24, 2.45) is 0 Å². The van der Waals surface area contributed by atoms with Crippen LogP contribution in [-0.4, -0.2) is 22.6 Å². The molecule has 0 aliphatic rings. The summed E-state index contributed by atoms with van der Waals surface area (Å²) in [5, 5.41) is 8.23. The van der Waals surface area contributed by atoms with Crippen LogP contribution in [0.5, 0.6) is 0 Å². The molecule has 0 saturated carbocycles. The normalized spacial score (nSPS) is 13.1. The second kappa shape index (κ2) is 4.99. The molecule has 0 amide bonds. The number of hydrogen-bond donors (Lipinski definition) is 1. The Morgan fingerprint density at radius 3 is 2.44 bits per heavy atom. The SMILES string of the molecule is CCC(SSC)C(=O)O. The average molecular weight is 166 g/mol. The first-order valence-electron chi connectivity index (χ1n) is 2.64. The van der Waals surface area contributed by atoms with Gasteiger partial charge in [-0.15, -0.1) is 0 Å². The van der Waals surface area contributed by atoms with E-state index < -0.39 is 5.97 Å². The zero-order valence-corrected chi connectivity index (χ0v) is 7.09. The molecule has 1 N–H and O–H groups in total. The molecule has 2 nitrogen and oxygen atoms in total. The van der Waals surface area contributed by atoms with Crippen LogP contribution in [0.3, 0.4) is 0 Å². The predicted octanol–water partition coefficient (Wildman–Crippen LogP) is 1.86. The summed E-state index contributed by atoms with van der Waals surface area (Å²) in [5.74, 6) is -0.711. The molecule has 0 aliphatic carbocycles. The van der Waals surface area contributed by atoms with Crippen LogP contribution in [-0.2, 0) is 4.79 Å². The third kappa shape index (κ3) is 3.70. The maximum absolute atomic E-state index is 10.3. The Labute approximate surface area is 62.8 Å². The second-order valence-electron chi connectivity index (χ2n) is 1.50. The van der Waals surface area contributed by atoms with Crippen molar-refractivity contribution in [2.45, 2.75) is 18.6 Å². The van der Waals surface area contributed by atoms with Gasteiger partial charge in [0.15, 0.2) is 0 Å². The standard InChI is InChI=1S/C5H10O2S2/c1-3-4(5(6)7)9-8-2/h4H,3H2,1-2H3,(H,6,7). The van der Waals surface area contributed by atoms with Crippen molar-refractivity contribution in [1.82, 2.24) is 0 Å². The summed E-state index contributed by atoms with van der Waals surface area (Å²) in [6.07, 6.45) is 2.58. The molecule has 0 heterocycles. The van der Waals surface area contributed by atoms with Crippen LogP contribution in [0.15, 0.2) is 0 Å². The predicted molar refractivity (Wildman–Crippen MR) is 42.8 cm³/mol. The zero-order chi connectivity index (χ0) is 7.28. The first-order valence-corrected chi connectivity index (χ1v) is 5.26. The smallest absolute Gasteiger partial charge is 0.317 e. The van der Waals surface area contributed by atoms with Gasteiger partial charge >= 0.3 is 5.97 Å². The van der Waals surface area contributed by atoms with Crippen molar-refractivity contribution >= 4 is 27.6 Å². The third-order valence-corrected chi connectivity index (χ3v) is 3.09. The molecule has 9 heavy (non-hydrogen) atoms. The zero-order valence-electron chi connectivity index (χ0n) is 5.46. The maximum atomic E-state index is 10.3. The molecule has 0 aromatic heterocycles. The van der Waals surface area contributed by atoms with Gasteiger partial charge in [0.2, 0.25) is 0 Å². The highest BCUT2D eigenvalue weighted by atomic mass is 33.1. The van der Waals surface area contributed by atoms with E-state index in [0.717, 1.165) is 0 Å². The summed E-state index contributed by atoms with van der Waals surface area (Å²) in [4.78, 5) is 10.3. The van der Waals surface area contributed by atoms with E-state index in [1.54, 1.807) is 0 Å². The van der Waals surface area contributed by atoms with E-state index in [4.69, 9.17) is 5.11 Å². The Hall–Kier alpha value is 0.170. The van der Waals surface area contributed by atoms with E-state index in [2.05, 4.69) is 0 Å². The molecular weight excluding hydrogens is 156 g/mol. The molecule has 0 bridgehead atoms. The third-order valence-electron chi connectivity index (χ3n) is 0.859. The Bertz CT molecular complexity index is 95.0. The summed E-state index contributed by atoms with van der Waals surface area (Å²) < 4.78 is 0. The molecule has 0 spiro atoms. The number of hydrogen-bond acceptors (Lipinski definition) is 3. The molecule has 54 valence electrons. The van der Waals surface area contributed by atoms with Crippen molar-refractivity contribution in [3.05, 3.63) is 0 Å². The second-order valence-corrected chi connectivity index (χ2v) is 4.17. The summed E-state index contributed by atoms with van der Waals surface area (Å²) in [7, 11) is 2.90. The van der Waals surface area contributed by atoms with Crippen molar-refractivity contribution < 1.29 is 9.90 Å². The van der Waals surface area contributed by atoms with Crippen LogP contribution in [0.25, 0.3) is 0 Å². The van der Waals surface area contributed by atoms with Gasteiger partial charge in [0.1, 0.15) is 5.25 Å². The highest BCUT2D eigenvalue weighted by molar-refractivity contribution is 8.76. The molecule has 4 heteroatoms. The van der Waals surface area contributed by atoms with Gasteiger partial charge in [-0.25, -0.2) is 0 Å². The molecule has 0 fully saturated rings. The minimum Gasteiger partial charge on any atom is -0.480 e. The molecular formula is C5H10O2S2. The van der Waals surface area contributed by atoms with E-state index in [0.29, 0.717) is 6.42 Å². The van der Waals surface area contributed by atoms with E-state index in [9.17, 15) is 4.79 Å². The molecule has 1 unspecified atom stereocenters. The first kappa shape index (κ1) is 9.17. The molecule has 0 aromatic rings. The minimum atomic E-state index is -0.711. The van der Waals surface area contributed by atoms with Gasteiger partial charge in [-0.2, -0.15) is 0 Å². The molecule has 0 aromatic carbocycles. The summed E-state index contributed by atoms with van der Waals surface area (Å²) in [6.45, 7) is 1.88. The van der Waals surface area contributed by atoms with Gasteiger partial charge in [0.25, 0.3) is 0 Å². The van der Waals surface area contributed by atoms with Crippen LogP contribution in [0, 0.1) is 0 Å². The number of aliphatic carboxylic acids is 1. The van der Waals surface area contributed by atoms with Crippen LogP contribution in [0.4, 0.5) is 0 Å². The Morgan fingerprint density at radius 2 is 2.33 bits per heavy atom. The highest BCUT2D eigenvalue weighted by Gasteiger charge is 2.13. The number of rotatable bonds is 4. The molecule has 0 rings (SSSR count). The topological polar surface area (TPSA) is 37.3 Å². The van der Waals surface area contributed by atoms with Crippen molar-refractivity contribution in [2.75, 3.05) is 6.26 Å². The van der Waals surface area contributed by atoms with Crippen molar-refractivity contribution in [3.63, 3.8) is 0 Å². The largest absolute Gasteiger partial charge is 0.480 e. The minimum absolute atomic E-state index is 0.236. The number of carbonyl (C=O) groups is 1. The van der Waals surface area contributed by atoms with Crippen LogP contribution < -0.4 is 0 Å². The van der Waals surface area contributed by atoms with E-state index in [1.807, 2.05) is 13.2 Å². The fraction of sp³-hybridized carbons (Fsp3) is 0.800. The fourth-order valence-electron chi connectivity index (χ4n) is 0.400. The van der Waals surface area contributed by atoms with Gasteiger partial charge in [-0.3, -0.25) is 4.79 Å². The van der Waals surface area contributed by atoms with Gasteiger partial charge in [-0.1, -0.05) is 28.5 Å². The van der Waals surface area contributed by atoms with Gasteiger partial charge in [-0.05, 0) is 12.7 Å². The van der Waals surface area contributed by atoms with Crippen molar-refractivity contribution in [1.29, 1.82) is 0 Å². The molecule has 0 saturated heterocycles. The lowest BCUT2D eigenvalue weighted by atomic mass is 10.3. The van der Waals surface area contributed by atoms with E-state index in [1.165, 1.54) is 21.6 Å². The Kier molecular flexibility index (Phi) is 5.09. The van der Waals surface area contributed by atoms with Crippen LogP contribution >= 0.6 is 21.6 Å². The fourth-order valence-corrected chi connectivity index (χ4v) is 2.20. The molecule has 0 radical (unpaired) electrons. The maximum Gasteiger partial charge on any atom is 0.317 e. The lowest BCUT2D eigenvalue weighted by molar-refractivity contribution is -0.136. The average Bonchev–Trinajstić information content (AvgIpc) is 1.82. The molecule has 0 aliphatic heterocycles. The molecule has 1 atom stereocenters. The lowest BCUT2D eigenvalue weighted by Gasteiger charge is -2.04. The van der Waals surface area contributed by atoms with Crippen LogP contribution in [0.2, 0.25) is 0 Å². The van der Waals surface area contributed by atoms with Crippen molar-refractivity contribution in [3.8, 4) is 0 Å². The Morgan fingerprint density at radius 1 is 1.78 bits per heavy atom. The summed E-state index contributed by atoms with van der Waals surface area (Å²) in [6, 6.07) is 0. The lowest BCUT2D eigenvalue weighted by Crippen LogP contribution is -2.13. The number of carboxylic acids is 1. The van der Waals surface area contributed by atoms with Gasteiger partial charge in [0.05, 0.1) is 0 Å². The van der Waals surface area contributed by atoms with Gasteiger partial charge in [0, 0.05) is 0 Å². The van der Waals surface area contributed by atoms with E-state index >= 15 is 0 Å². The quantitative estimate of drug-likeness (QED) is 0.647. The summed E-state index contributed by atoms with van der Waals surface area (Å²) >= 11 is 0. The van der Waals surface area contributed by atoms with Gasteiger partial charge < -0.3 is 5.11 Å². The summed E-state index contributed by atoms with van der Waals surface area (Å²) in [5.41, 5.74) is 0. The van der Waals surface area contributed by atoms with Crippen LogP contribution in [0.1, 0.15) is 13.3 Å².